The van der Waals surface area contributed by atoms with Gasteiger partial charge in [-0.05, 0) is 105 Å². The molecule has 3 saturated heterocycles. The van der Waals surface area contributed by atoms with Crippen LogP contribution in [-0.2, 0) is 77.0 Å². The second-order valence-corrected chi connectivity index (χ2v) is 39.3. The van der Waals surface area contributed by atoms with Gasteiger partial charge in [0, 0.05) is 89.0 Å². The van der Waals surface area contributed by atoms with E-state index in [9.17, 15) is 102 Å². The number of hydrogen-bond donors (Lipinski definition) is 9. The van der Waals surface area contributed by atoms with Crippen LogP contribution in [-0.4, -0.2) is 242 Å². The zero-order chi connectivity index (χ0) is 95.4. The molecule has 12 rings (SSSR count). The van der Waals surface area contributed by atoms with Gasteiger partial charge < -0.3 is 60.2 Å². The number of nitrogens with zero attached hydrogens (tertiary/aromatic N) is 6. The van der Waals surface area contributed by atoms with Crippen molar-refractivity contribution >= 4 is 189 Å². The van der Waals surface area contributed by atoms with Crippen LogP contribution >= 0.6 is 64.8 Å². The van der Waals surface area contributed by atoms with Crippen molar-refractivity contribution in [2.24, 2.45) is 0 Å². The summed E-state index contributed by atoms with van der Waals surface area (Å²) in [6.07, 6.45) is 0.0611. The molecule has 0 aliphatic carbocycles. The molecule has 9 N–H and O–H groups in total. The predicted octanol–water partition coefficient (Wildman–Crippen LogP) is 11.7. The molecule has 6 aliphatic heterocycles. The Morgan fingerprint density at radius 2 is 0.689 bits per heavy atom. The molecule has 36 nitrogen and oxygen atoms in total. The van der Waals surface area contributed by atoms with E-state index in [1.807, 2.05) is 112 Å². The number of carbonyl (C=O) groups excluding carboxylic acids is 15. The summed E-state index contributed by atoms with van der Waals surface area (Å²) in [6.45, 7) is 16.2. The number of imide groups is 3. The average molecular weight is 1920 g/mol. The van der Waals surface area contributed by atoms with Crippen LogP contribution in [0.5, 0.6) is 0 Å². The van der Waals surface area contributed by atoms with E-state index in [0.29, 0.717) is 53.6 Å². The molecule has 0 radical (unpaired) electrons. The third kappa shape index (κ3) is 28.3. The van der Waals surface area contributed by atoms with Gasteiger partial charge in [0.1, 0.15) is 57.6 Å². The summed E-state index contributed by atoms with van der Waals surface area (Å²) in [5.74, 6) is -8.11. The molecule has 0 bridgehead atoms. The average Bonchev–Trinajstić information content (AvgIpc) is 1.61. The number of allylic oxidation sites excluding steroid dienone is 3. The number of nitrogens with one attached hydrogen (secondary N) is 6. The number of amides is 15. The minimum Gasteiger partial charge on any atom is -0.480 e. The van der Waals surface area contributed by atoms with E-state index in [4.69, 9.17) is 14.2 Å². The van der Waals surface area contributed by atoms with E-state index >= 15 is 0 Å². The number of hydrogen-bond acceptors (Lipinski definition) is 27. The van der Waals surface area contributed by atoms with Gasteiger partial charge >= 0.3 is 36.2 Å². The van der Waals surface area contributed by atoms with Crippen LogP contribution in [0.15, 0.2) is 182 Å². The van der Waals surface area contributed by atoms with Crippen LogP contribution in [0.25, 0.3) is 0 Å². The van der Waals surface area contributed by atoms with Crippen molar-refractivity contribution in [1.82, 2.24) is 45.3 Å². The minimum atomic E-state index is -1.09. The van der Waals surface area contributed by atoms with Gasteiger partial charge in [-0.1, -0.05) is 201 Å². The standard InChI is InChI=1S/3C30H32N4O8S2/c2*1-18-11-12-23(27(38)31-18)34-28(39)21-9-6-10-22(26(21)29(34)40)32-30(41)42-17-19(2)44-43-14-13-24(35)33(16-25(36)37)15-20-7-4-3-5-8-20;1-18-11-12-23(27(38)31-18)34-28(39)21-9-6-10-22(26(21)29(34)40)32-30(41)42-13-14-43-44-19(2)15-24(35)33(17-25(36)37)16-20-7-4-3-5-8-20/h3*3-10,19,23H,1,11-17H2,2H3,(H,31,38)(H,32,41)(H,36,37)/t3*19-,23?/m101/s1. The Labute approximate surface area is 782 Å². The quantitative estimate of drug-likeness (QED) is 0.00749. The van der Waals surface area contributed by atoms with Gasteiger partial charge in [0.15, 0.2) is 0 Å². The molecule has 15 amide bonds. The highest BCUT2D eigenvalue weighted by molar-refractivity contribution is 8.77. The summed E-state index contributed by atoms with van der Waals surface area (Å²) in [5, 5.41) is 42.5. The Kier molecular flexibility index (Phi) is 37.5. The number of carboxylic acid groups (broad SMARTS) is 3. The van der Waals surface area contributed by atoms with E-state index in [-0.39, 0.29) is 175 Å². The molecule has 3 fully saturated rings. The topological polar surface area (TPSA) is 487 Å². The van der Waals surface area contributed by atoms with Gasteiger partial charge in [-0.2, -0.15) is 0 Å². The van der Waals surface area contributed by atoms with Crippen molar-refractivity contribution in [3.8, 4) is 0 Å². The molecule has 132 heavy (non-hydrogen) atoms. The normalized spacial score (nSPS) is 16.7. The lowest BCUT2D eigenvalue weighted by molar-refractivity contribution is -0.144. The van der Waals surface area contributed by atoms with Crippen LogP contribution in [0.1, 0.15) is 157 Å². The molecule has 6 atom stereocenters. The number of ether oxygens (including phenoxy) is 3. The second-order valence-electron chi connectivity index (χ2n) is 30.6. The van der Waals surface area contributed by atoms with Crippen molar-refractivity contribution in [2.75, 3.05) is 72.7 Å². The molecule has 0 spiro atoms. The summed E-state index contributed by atoms with van der Waals surface area (Å²) in [4.78, 5) is 232. The Bertz CT molecular complexity index is 5230. The molecule has 3 unspecified atom stereocenters. The van der Waals surface area contributed by atoms with Crippen molar-refractivity contribution < 1.29 is 116 Å². The van der Waals surface area contributed by atoms with Gasteiger partial charge in [0.05, 0.1) is 50.4 Å². The molecule has 6 aromatic rings. The van der Waals surface area contributed by atoms with Gasteiger partial charge in [0.25, 0.3) is 35.4 Å². The number of fused-ring (bicyclic) bond motifs is 3. The van der Waals surface area contributed by atoms with E-state index in [0.717, 1.165) is 31.4 Å². The van der Waals surface area contributed by atoms with E-state index in [2.05, 4.69) is 51.6 Å². The number of piperidine rings is 3. The van der Waals surface area contributed by atoms with Crippen molar-refractivity contribution in [2.45, 2.75) is 132 Å². The SMILES string of the molecule is C=C1CCC(N2C(=O)c3cccc(NC(=O)OCCSS[C@H](C)CC(=O)N(CC(=O)O)Cc4ccccc4)c3C2=O)C(=O)N1.C=C1CCC(N2C(=O)c3cccc(NC(=O)OC[C@@H](C)SSCCC(=O)N(CC(=O)O)Cc4ccccc4)c3C2=O)C(=O)N1.C=C1CCC(N2C(=O)c3cccc(NC(=O)OC[C@H](C)SSCCC(=O)N(CC(=O)O)Cc4ccccc4)c3C2=O)C(=O)N1. The lowest BCUT2D eigenvalue weighted by Crippen LogP contribution is -2.51. The number of benzene rings is 6. The predicted molar refractivity (Wildman–Crippen MR) is 498 cm³/mol. The van der Waals surface area contributed by atoms with Crippen LogP contribution in [0.3, 0.4) is 0 Å². The number of rotatable bonds is 39. The monoisotopic (exact) mass is 1920 g/mol. The number of anilines is 3. The number of aliphatic carboxylic acids is 3. The first-order valence-corrected chi connectivity index (χ1v) is 48.5. The molecule has 6 aromatic carbocycles. The highest BCUT2D eigenvalue weighted by Crippen LogP contribution is 2.39. The van der Waals surface area contributed by atoms with Gasteiger partial charge in [-0.15, -0.1) is 0 Å². The molecule has 0 aromatic heterocycles. The van der Waals surface area contributed by atoms with Crippen molar-refractivity contribution in [3.63, 3.8) is 0 Å². The van der Waals surface area contributed by atoms with Crippen LogP contribution in [0.4, 0.5) is 31.4 Å². The van der Waals surface area contributed by atoms with Crippen LogP contribution < -0.4 is 31.9 Å². The molecule has 696 valence electrons. The fourth-order valence-corrected chi connectivity index (χ4v) is 20.5. The van der Waals surface area contributed by atoms with Gasteiger partial charge in [0.2, 0.25) is 35.4 Å². The lowest BCUT2D eigenvalue weighted by Gasteiger charge is -2.29. The van der Waals surface area contributed by atoms with Gasteiger partial charge in [-0.3, -0.25) is 103 Å². The number of carbonyl (C=O) groups is 18. The fourth-order valence-electron chi connectivity index (χ4n) is 14.2. The Balaban J connectivity index is 0.000000205. The minimum absolute atomic E-state index is 0.000668. The smallest absolute Gasteiger partial charge is 0.411 e. The van der Waals surface area contributed by atoms with Crippen LogP contribution in [0.2, 0.25) is 0 Å². The first-order chi connectivity index (χ1) is 63.1. The molecule has 0 saturated carbocycles. The molecule has 6 aliphatic rings. The van der Waals surface area contributed by atoms with Gasteiger partial charge in [-0.25, -0.2) is 14.4 Å². The van der Waals surface area contributed by atoms with Crippen LogP contribution in [0, 0.1) is 0 Å². The zero-order valence-corrected chi connectivity index (χ0v) is 76.7. The summed E-state index contributed by atoms with van der Waals surface area (Å²) in [5.41, 5.74) is 4.64. The van der Waals surface area contributed by atoms with E-state index < -0.39 is 114 Å². The first-order valence-electron chi connectivity index (χ1n) is 41.4. The highest BCUT2D eigenvalue weighted by Gasteiger charge is 2.49. The summed E-state index contributed by atoms with van der Waals surface area (Å²) >= 11 is 0. The lowest BCUT2D eigenvalue weighted by atomic mass is 10.0. The maximum Gasteiger partial charge on any atom is 0.411 e. The maximum atomic E-state index is 13.2. The van der Waals surface area contributed by atoms with E-state index in [1.54, 1.807) is 0 Å². The summed E-state index contributed by atoms with van der Waals surface area (Å²) < 4.78 is 15.9. The Hall–Kier alpha value is -12.9. The summed E-state index contributed by atoms with van der Waals surface area (Å²) in [7, 11) is 8.43. The Morgan fingerprint density at radius 1 is 0.394 bits per heavy atom. The largest absolute Gasteiger partial charge is 0.480 e. The van der Waals surface area contributed by atoms with E-state index in [1.165, 1.54) is 134 Å². The molecular weight excluding hydrogens is 1830 g/mol. The second kappa shape index (κ2) is 48.8. The first kappa shape index (κ1) is 101. The van der Waals surface area contributed by atoms with Crippen molar-refractivity contribution in [3.05, 3.63) is 232 Å². The zero-order valence-electron chi connectivity index (χ0n) is 71.8. The maximum absolute atomic E-state index is 13.2. The third-order valence-electron chi connectivity index (χ3n) is 20.4. The third-order valence-corrected chi connectivity index (χ3v) is 29.0. The highest BCUT2D eigenvalue weighted by atomic mass is 33.1. The fraction of sp³-hybridized carbons (Fsp3) is 0.333. The number of carboxylic acids is 3. The molecular formula is C90H96N12O24S6. The molecule has 42 heteroatoms. The van der Waals surface area contributed by atoms with Crippen molar-refractivity contribution in [1.29, 1.82) is 0 Å². The Morgan fingerprint density at radius 3 is 1.00 bits per heavy atom. The summed E-state index contributed by atoms with van der Waals surface area (Å²) in [6, 6.07) is 38.0. The molecule has 6 heterocycles.